The van der Waals surface area contributed by atoms with Crippen LogP contribution in [-0.4, -0.2) is 60.9 Å². The summed E-state index contributed by atoms with van der Waals surface area (Å²) < 4.78 is 37.3. The van der Waals surface area contributed by atoms with Gasteiger partial charge in [-0.05, 0) is 22.9 Å². The number of nitrogens with zero attached hydrogens (tertiary/aromatic N) is 6. The fraction of sp³-hybridized carbons (Fsp3) is 0.769. The molecule has 1 saturated carbocycles. The van der Waals surface area contributed by atoms with Crippen LogP contribution in [0.5, 0.6) is 0 Å². The van der Waals surface area contributed by atoms with Crippen LogP contribution in [0.1, 0.15) is 0 Å². The summed E-state index contributed by atoms with van der Waals surface area (Å²) in [5.74, 6) is -5.43. The van der Waals surface area contributed by atoms with Crippen molar-refractivity contribution in [2.75, 3.05) is 26.2 Å². The fourth-order valence-corrected chi connectivity index (χ4v) is 4.50. The van der Waals surface area contributed by atoms with Crippen molar-refractivity contribution in [1.29, 1.82) is 0 Å². The summed E-state index contributed by atoms with van der Waals surface area (Å²) in [5.41, 5.74) is 21.8. The lowest BCUT2D eigenvalue weighted by atomic mass is 9.79. The zero-order chi connectivity index (χ0) is 21.8. The van der Waals surface area contributed by atoms with Gasteiger partial charge in [-0.3, -0.25) is 25.6 Å². The average molecular weight is 438 g/mol. The van der Waals surface area contributed by atoms with E-state index in [-0.39, 0.29) is 25.6 Å². The lowest BCUT2D eigenvalue weighted by Gasteiger charge is -2.31. The Kier molecular flexibility index (Phi) is 6.67. The number of halogens is 4. The minimum absolute atomic E-state index is 0.0517. The van der Waals surface area contributed by atoms with Crippen LogP contribution in [0.2, 0.25) is 0 Å². The Morgan fingerprint density at radius 1 is 1.31 bits per heavy atom. The van der Waals surface area contributed by atoms with Gasteiger partial charge in [0.1, 0.15) is 12.1 Å². The number of carbonyl (C=O) groups excluding carboxylic acids is 2. The highest BCUT2D eigenvalue weighted by atomic mass is 35.5. The molecule has 1 aliphatic heterocycles. The number of ketones is 1. The van der Waals surface area contributed by atoms with Crippen LogP contribution < -0.4 is 21.4 Å². The Hall–Kier alpha value is -2.89. The molecule has 2 aliphatic rings. The first kappa shape index (κ1) is 22.4. The van der Waals surface area contributed by atoms with E-state index in [2.05, 4.69) is 30.4 Å². The Labute approximate surface area is 166 Å². The van der Waals surface area contributed by atoms with E-state index in [1.807, 2.05) is 0 Å². The van der Waals surface area contributed by atoms with Crippen molar-refractivity contribution >= 4 is 29.3 Å². The average Bonchev–Trinajstić information content (AvgIpc) is 3.14. The molecule has 0 bridgehead atoms. The third-order valence-corrected chi connectivity index (χ3v) is 5.79. The van der Waals surface area contributed by atoms with Crippen molar-refractivity contribution in [1.82, 2.24) is 10.6 Å². The largest absolute Gasteiger partial charge is 0.471 e. The van der Waals surface area contributed by atoms with Crippen LogP contribution in [0.3, 0.4) is 0 Å². The molecular weight excluding hydrogens is 421 g/mol. The second-order valence-electron chi connectivity index (χ2n) is 6.61. The maximum atomic E-state index is 12.9. The van der Waals surface area contributed by atoms with Crippen molar-refractivity contribution < 1.29 is 27.8 Å². The number of alkyl halides is 4. The van der Waals surface area contributed by atoms with Crippen molar-refractivity contribution in [2.45, 2.75) is 17.1 Å². The first-order valence-corrected chi connectivity index (χ1v) is 8.70. The molecule has 0 saturated heterocycles. The molecule has 1 heterocycles. The summed E-state index contributed by atoms with van der Waals surface area (Å²) in [5, 5.41) is 10.5. The molecule has 0 aromatic carbocycles. The SMILES string of the molecule is [N-]=[N+]=NC[C@@H]1[C@@H](CN=[N+]=[N-])[C@H](C(=O)CNC(=O)C(F)(F)F)[C@@]2(C[NH+]=C(N)N2)[C@H]1Cl. The number of amides is 1. The molecule has 0 aromatic rings. The van der Waals surface area contributed by atoms with Gasteiger partial charge in [0.05, 0.1) is 17.8 Å². The van der Waals surface area contributed by atoms with Gasteiger partial charge in [0.2, 0.25) is 0 Å². The predicted octanol–water partition coefficient (Wildman–Crippen LogP) is -0.938. The zero-order valence-corrected chi connectivity index (χ0v) is 15.5. The van der Waals surface area contributed by atoms with Crippen LogP contribution in [0.4, 0.5) is 13.2 Å². The Morgan fingerprint density at radius 3 is 2.38 bits per heavy atom. The summed E-state index contributed by atoms with van der Waals surface area (Å²) >= 11 is 6.58. The molecule has 0 aromatic heterocycles. The van der Waals surface area contributed by atoms with Crippen LogP contribution >= 0.6 is 11.6 Å². The van der Waals surface area contributed by atoms with Crippen molar-refractivity contribution in [3.63, 3.8) is 0 Å². The van der Waals surface area contributed by atoms with Gasteiger partial charge in [-0.2, -0.15) is 13.2 Å². The topological polar surface area (TPSA) is 196 Å². The summed E-state index contributed by atoms with van der Waals surface area (Å²) in [7, 11) is 0. The molecule has 0 unspecified atom stereocenters. The lowest BCUT2D eigenvalue weighted by molar-refractivity contribution is -0.456. The molecule has 1 aliphatic carbocycles. The van der Waals surface area contributed by atoms with Gasteiger partial charge in [0, 0.05) is 22.9 Å². The Morgan fingerprint density at radius 2 is 1.90 bits per heavy atom. The Balaban J connectivity index is 2.38. The van der Waals surface area contributed by atoms with Crippen LogP contribution in [0, 0.1) is 17.8 Å². The highest BCUT2D eigenvalue weighted by Gasteiger charge is 2.65. The van der Waals surface area contributed by atoms with Gasteiger partial charge in [-0.1, -0.05) is 10.2 Å². The van der Waals surface area contributed by atoms with Gasteiger partial charge in [-0.25, -0.2) is 0 Å². The van der Waals surface area contributed by atoms with Crippen LogP contribution in [0.25, 0.3) is 20.9 Å². The van der Waals surface area contributed by atoms with Crippen molar-refractivity contribution in [2.24, 2.45) is 33.7 Å². The molecule has 16 heteroatoms. The lowest BCUT2D eigenvalue weighted by Crippen LogP contribution is -2.75. The minimum Gasteiger partial charge on any atom is -0.341 e. The van der Waals surface area contributed by atoms with Gasteiger partial charge >= 0.3 is 18.0 Å². The summed E-state index contributed by atoms with van der Waals surface area (Å²) in [6, 6.07) is 0. The number of nitrogens with one attached hydrogen (secondary N) is 3. The van der Waals surface area contributed by atoms with E-state index in [0.29, 0.717) is 0 Å². The molecule has 29 heavy (non-hydrogen) atoms. The number of Topliss-reactive ketones (excluding diaryl/α,β-unsaturated/α-hetero) is 1. The van der Waals surface area contributed by atoms with Crippen molar-refractivity contribution in [3.05, 3.63) is 20.9 Å². The summed E-state index contributed by atoms with van der Waals surface area (Å²) in [4.78, 5) is 32.1. The molecule has 1 amide bonds. The fourth-order valence-electron chi connectivity index (χ4n) is 3.97. The molecule has 5 atom stereocenters. The summed E-state index contributed by atoms with van der Waals surface area (Å²) in [6.07, 6.45) is -5.15. The van der Waals surface area contributed by atoms with Gasteiger partial charge in [0.15, 0.2) is 5.78 Å². The smallest absolute Gasteiger partial charge is 0.341 e. The molecule has 158 valence electrons. The molecule has 1 fully saturated rings. The quantitative estimate of drug-likeness (QED) is 0.173. The van der Waals surface area contributed by atoms with Gasteiger partial charge in [0.25, 0.3) is 0 Å². The maximum Gasteiger partial charge on any atom is 0.471 e. The second-order valence-corrected chi connectivity index (χ2v) is 7.08. The molecule has 2 rings (SSSR count). The number of azide groups is 2. The van der Waals surface area contributed by atoms with E-state index >= 15 is 0 Å². The molecule has 1 spiro atoms. The first-order valence-electron chi connectivity index (χ1n) is 8.26. The minimum atomic E-state index is -5.15. The third-order valence-electron chi connectivity index (χ3n) is 5.08. The zero-order valence-electron chi connectivity index (χ0n) is 14.7. The van der Waals surface area contributed by atoms with Crippen LogP contribution in [-0.2, 0) is 9.59 Å². The monoisotopic (exact) mass is 437 g/mol. The van der Waals surface area contributed by atoms with E-state index in [4.69, 9.17) is 28.4 Å². The number of nitrogens with two attached hydrogens (primary N) is 1. The van der Waals surface area contributed by atoms with E-state index in [1.165, 1.54) is 5.32 Å². The number of hydrogen-bond acceptors (Lipinski definition) is 6. The first-order chi connectivity index (χ1) is 13.6. The van der Waals surface area contributed by atoms with E-state index in [9.17, 15) is 22.8 Å². The molecule has 0 radical (unpaired) electrons. The normalized spacial score (nSPS) is 30.7. The van der Waals surface area contributed by atoms with E-state index < -0.39 is 53.1 Å². The maximum absolute atomic E-state index is 12.9. The summed E-state index contributed by atoms with van der Waals surface area (Å²) in [6.45, 7) is -1.23. The van der Waals surface area contributed by atoms with E-state index in [0.717, 1.165) is 0 Å². The number of hydrogen-bond donors (Lipinski definition) is 4. The number of rotatable bonds is 7. The highest BCUT2D eigenvalue weighted by Crippen LogP contribution is 2.48. The van der Waals surface area contributed by atoms with Crippen molar-refractivity contribution in [3.8, 4) is 0 Å². The number of carbonyl (C=O) groups is 2. The molecule has 5 N–H and O–H groups in total. The molecule has 12 nitrogen and oxygen atoms in total. The van der Waals surface area contributed by atoms with Gasteiger partial charge in [-0.15, -0.1) is 11.6 Å². The van der Waals surface area contributed by atoms with Crippen LogP contribution in [0.15, 0.2) is 10.2 Å². The predicted molar refractivity (Wildman–Crippen MR) is 93.1 cm³/mol. The van der Waals surface area contributed by atoms with Gasteiger partial charge < -0.3 is 5.32 Å². The highest BCUT2D eigenvalue weighted by molar-refractivity contribution is 6.22. The standard InChI is InChI=1S/C13H16ClF3N10O2/c14-9-6(2-24-27-20)5(1-23-26-19)8(12(9)4-22-11(18)25-12)7(28)3-21-10(29)13(15,16)17/h5-6,8-9H,1-4H2,(H,21,29)(H3,18,22,25)/p+1/t5-,6-,8-,9+,12+/m1/s1. The second kappa shape index (κ2) is 8.64. The molecular formula is C13H17ClF3N10O2+. The Bertz CT molecular complexity index is 807. The third kappa shape index (κ3) is 4.42. The number of guanidine groups is 1. The van der Waals surface area contributed by atoms with E-state index in [1.54, 1.807) is 0 Å².